The van der Waals surface area contributed by atoms with Gasteiger partial charge in [-0.25, -0.2) is 10.0 Å². The first-order chi connectivity index (χ1) is 17.3. The van der Waals surface area contributed by atoms with E-state index in [9.17, 15) is 18.0 Å². The monoisotopic (exact) mass is 516 g/mol. The van der Waals surface area contributed by atoms with Crippen molar-refractivity contribution >= 4 is 29.0 Å². The molecule has 188 valence electrons. The third-order valence-corrected chi connectivity index (χ3v) is 6.75. The summed E-state index contributed by atoms with van der Waals surface area (Å²) in [6.45, 7) is 1.58. The Morgan fingerprint density at radius 3 is 2.22 bits per heavy atom. The van der Waals surface area contributed by atoms with Gasteiger partial charge in [0.2, 0.25) is 0 Å². The molecule has 2 aromatic carbocycles. The number of nitrogens with zero attached hydrogens (tertiary/aromatic N) is 4. The van der Waals surface area contributed by atoms with Crippen molar-refractivity contribution in [2.75, 3.05) is 36.1 Å². The maximum Gasteiger partial charge on any atom is 0.417 e. The first-order valence-electron chi connectivity index (χ1n) is 11.6. The van der Waals surface area contributed by atoms with Gasteiger partial charge in [-0.05, 0) is 23.8 Å². The van der Waals surface area contributed by atoms with E-state index in [1.807, 2.05) is 60.7 Å². The number of pyridine rings is 1. The molecule has 2 atom stereocenters. The zero-order valence-corrected chi connectivity index (χ0v) is 20.0. The van der Waals surface area contributed by atoms with Gasteiger partial charge in [-0.3, -0.25) is 9.63 Å². The number of benzene rings is 2. The van der Waals surface area contributed by atoms with Crippen molar-refractivity contribution in [3.63, 3.8) is 0 Å². The van der Waals surface area contributed by atoms with Crippen LogP contribution in [-0.2, 0) is 15.8 Å². The van der Waals surface area contributed by atoms with E-state index < -0.39 is 17.8 Å². The predicted octanol–water partition coefficient (Wildman–Crippen LogP) is 5.35. The summed E-state index contributed by atoms with van der Waals surface area (Å²) in [5.74, 6) is 0.175. The number of aromatic nitrogens is 1. The normalized spacial score (nSPS) is 20.6. The van der Waals surface area contributed by atoms with Crippen LogP contribution in [0.1, 0.15) is 23.6 Å². The average Bonchev–Trinajstić information content (AvgIpc) is 3.34. The molecule has 6 nitrogen and oxygen atoms in total. The Morgan fingerprint density at radius 2 is 1.61 bits per heavy atom. The van der Waals surface area contributed by atoms with Gasteiger partial charge in [0.15, 0.2) is 6.10 Å². The van der Waals surface area contributed by atoms with Crippen LogP contribution in [0.4, 0.5) is 24.7 Å². The van der Waals surface area contributed by atoms with Gasteiger partial charge < -0.3 is 9.80 Å². The Morgan fingerprint density at radius 1 is 0.972 bits per heavy atom. The molecule has 5 rings (SSSR count). The minimum Gasteiger partial charge on any atom is -0.352 e. The van der Waals surface area contributed by atoms with Crippen molar-refractivity contribution in [3.8, 4) is 0 Å². The molecule has 0 unspecified atom stereocenters. The van der Waals surface area contributed by atoms with Crippen molar-refractivity contribution in [2.45, 2.75) is 24.7 Å². The number of piperazine rings is 1. The summed E-state index contributed by atoms with van der Waals surface area (Å²) in [5, 5.41) is 1.74. The number of carbonyl (C=O) groups is 1. The van der Waals surface area contributed by atoms with Gasteiger partial charge >= 0.3 is 6.18 Å². The Hall–Kier alpha value is -3.30. The molecule has 0 bridgehead atoms. The van der Waals surface area contributed by atoms with E-state index in [0.717, 1.165) is 23.5 Å². The summed E-state index contributed by atoms with van der Waals surface area (Å²) in [5.41, 5.74) is 1.04. The molecule has 0 N–H and O–H groups in total. The van der Waals surface area contributed by atoms with Gasteiger partial charge in [-0.1, -0.05) is 60.1 Å². The van der Waals surface area contributed by atoms with E-state index in [0.29, 0.717) is 32.6 Å². The third kappa shape index (κ3) is 4.99. The number of carbonyl (C=O) groups excluding carboxylic acids is 1. The van der Waals surface area contributed by atoms with E-state index in [2.05, 4.69) is 4.98 Å². The molecule has 0 radical (unpaired) electrons. The molecular formula is C26H24ClF3N4O2. The van der Waals surface area contributed by atoms with E-state index in [1.54, 1.807) is 14.9 Å². The summed E-state index contributed by atoms with van der Waals surface area (Å²) in [4.78, 5) is 27.1. The first-order valence-corrected chi connectivity index (χ1v) is 12.0. The summed E-state index contributed by atoms with van der Waals surface area (Å²) in [6, 6.07) is 20.4. The van der Waals surface area contributed by atoms with Crippen LogP contribution in [0.5, 0.6) is 0 Å². The van der Waals surface area contributed by atoms with Gasteiger partial charge in [-0.15, -0.1) is 0 Å². The summed E-state index contributed by atoms with van der Waals surface area (Å²) in [7, 11) is 0. The Labute approximate surface area is 211 Å². The minimum atomic E-state index is -4.51. The van der Waals surface area contributed by atoms with Crippen LogP contribution in [0.15, 0.2) is 72.9 Å². The van der Waals surface area contributed by atoms with E-state index >= 15 is 0 Å². The Bertz CT molecular complexity index is 1160. The summed E-state index contributed by atoms with van der Waals surface area (Å²) in [6.07, 6.45) is -3.86. The number of halogens is 4. The maximum absolute atomic E-state index is 13.4. The standard InChI is InChI=1S/C26H24ClF3N4O2/c27-21-15-19(26(28,29)30)17-31-24(21)32-11-13-33(14-12-32)25(35)23-16-22(18-7-3-1-4-8-18)34(36-23)20-9-5-2-6-10-20/h1-10,15,17,22-23H,11-14,16H2/t22-,23-/m1/s1. The van der Waals surface area contributed by atoms with Gasteiger partial charge in [0.1, 0.15) is 5.82 Å². The highest BCUT2D eigenvalue weighted by Crippen LogP contribution is 2.39. The zero-order chi connectivity index (χ0) is 25.3. The van der Waals surface area contributed by atoms with Crippen molar-refractivity contribution in [1.29, 1.82) is 0 Å². The van der Waals surface area contributed by atoms with E-state index in [1.165, 1.54) is 0 Å². The number of alkyl halides is 3. The Kier molecular flexibility index (Phi) is 6.77. The number of rotatable bonds is 4. The van der Waals surface area contributed by atoms with E-state index in [-0.39, 0.29) is 22.8 Å². The molecule has 36 heavy (non-hydrogen) atoms. The molecule has 10 heteroatoms. The topological polar surface area (TPSA) is 48.9 Å². The molecule has 2 aliphatic rings. The number of hydroxylamine groups is 1. The second kappa shape index (κ2) is 9.99. The van der Waals surface area contributed by atoms with Gasteiger partial charge in [0, 0.05) is 38.8 Å². The quantitative estimate of drug-likeness (QED) is 0.467. The number of anilines is 2. The lowest BCUT2D eigenvalue weighted by Gasteiger charge is -2.36. The van der Waals surface area contributed by atoms with Crippen molar-refractivity contribution in [2.24, 2.45) is 0 Å². The smallest absolute Gasteiger partial charge is 0.352 e. The number of hydrogen-bond donors (Lipinski definition) is 0. The molecule has 2 aliphatic heterocycles. The molecule has 0 spiro atoms. The molecule has 3 aromatic rings. The molecule has 1 amide bonds. The number of para-hydroxylation sites is 1. The van der Waals surface area contributed by atoms with Crippen LogP contribution >= 0.6 is 11.6 Å². The lowest BCUT2D eigenvalue weighted by atomic mass is 10.0. The number of hydrogen-bond acceptors (Lipinski definition) is 5. The fourth-order valence-electron chi connectivity index (χ4n) is 4.62. The molecule has 2 saturated heterocycles. The second-order valence-corrected chi connectivity index (χ2v) is 9.16. The van der Waals surface area contributed by atoms with Crippen LogP contribution in [0.25, 0.3) is 0 Å². The van der Waals surface area contributed by atoms with Gasteiger partial charge in [0.25, 0.3) is 5.91 Å². The fraction of sp³-hybridized carbons (Fsp3) is 0.308. The highest BCUT2D eigenvalue weighted by Gasteiger charge is 2.41. The Balaban J connectivity index is 1.27. The predicted molar refractivity (Wildman–Crippen MR) is 131 cm³/mol. The fourth-order valence-corrected chi connectivity index (χ4v) is 4.91. The molecule has 0 saturated carbocycles. The highest BCUT2D eigenvalue weighted by atomic mass is 35.5. The van der Waals surface area contributed by atoms with Crippen LogP contribution in [0.3, 0.4) is 0 Å². The lowest BCUT2D eigenvalue weighted by molar-refractivity contribution is -0.142. The zero-order valence-electron chi connectivity index (χ0n) is 19.2. The van der Waals surface area contributed by atoms with Crippen molar-refractivity contribution < 1.29 is 22.8 Å². The van der Waals surface area contributed by atoms with Crippen molar-refractivity contribution in [1.82, 2.24) is 9.88 Å². The van der Waals surface area contributed by atoms with Crippen LogP contribution < -0.4 is 9.96 Å². The minimum absolute atomic E-state index is 0.0621. The molecule has 1 aromatic heterocycles. The maximum atomic E-state index is 13.4. The van der Waals surface area contributed by atoms with E-state index in [4.69, 9.17) is 16.4 Å². The molecule has 0 aliphatic carbocycles. The summed E-state index contributed by atoms with van der Waals surface area (Å²) < 4.78 is 38.8. The molecular weight excluding hydrogens is 493 g/mol. The summed E-state index contributed by atoms with van der Waals surface area (Å²) >= 11 is 6.11. The average molecular weight is 517 g/mol. The first kappa shape index (κ1) is 24.4. The number of amides is 1. The second-order valence-electron chi connectivity index (χ2n) is 8.76. The van der Waals surface area contributed by atoms with Crippen LogP contribution in [-0.4, -0.2) is 48.1 Å². The largest absolute Gasteiger partial charge is 0.417 e. The van der Waals surface area contributed by atoms with Gasteiger partial charge in [0.05, 0.1) is 22.3 Å². The van der Waals surface area contributed by atoms with Crippen LogP contribution in [0.2, 0.25) is 5.02 Å². The van der Waals surface area contributed by atoms with Gasteiger partial charge in [-0.2, -0.15) is 13.2 Å². The lowest BCUT2D eigenvalue weighted by Crippen LogP contribution is -2.52. The van der Waals surface area contributed by atoms with Crippen LogP contribution in [0, 0.1) is 0 Å². The third-order valence-electron chi connectivity index (χ3n) is 6.47. The highest BCUT2D eigenvalue weighted by molar-refractivity contribution is 6.33. The van der Waals surface area contributed by atoms with Crippen molar-refractivity contribution in [3.05, 3.63) is 89.1 Å². The molecule has 3 heterocycles. The molecule has 2 fully saturated rings. The SMILES string of the molecule is O=C([C@H]1C[C@H](c2ccccc2)N(c2ccccc2)O1)N1CCN(c2ncc(C(F)(F)F)cc2Cl)CC1.